The summed E-state index contributed by atoms with van der Waals surface area (Å²) in [5.74, 6) is -0.105. The second-order valence-electron chi connectivity index (χ2n) is 13.6. The van der Waals surface area contributed by atoms with Crippen LogP contribution >= 0.6 is 8.17 Å². The van der Waals surface area contributed by atoms with Gasteiger partial charge in [0.2, 0.25) is 0 Å². The molecule has 0 bridgehead atoms. The molecule has 15 nitrogen and oxygen atoms in total. The summed E-state index contributed by atoms with van der Waals surface area (Å²) < 4.78 is 16.4. The van der Waals surface area contributed by atoms with Crippen molar-refractivity contribution < 1.29 is 48.0 Å². The van der Waals surface area contributed by atoms with E-state index in [2.05, 4.69) is 15.6 Å². The molecule has 2 aliphatic rings. The topological polar surface area (TPSA) is 200 Å². The summed E-state index contributed by atoms with van der Waals surface area (Å²) in [5.41, 5.74) is 1.76. The second-order valence-corrected chi connectivity index (χ2v) is 14.4. The van der Waals surface area contributed by atoms with Gasteiger partial charge in [-0.05, 0) is 80.5 Å². The number of nitro groups is 1. The number of hydrogen-bond acceptors (Lipinski definition) is 12. The molecule has 0 radical (unpaired) electrons. The number of non-ortho nitro benzene ring substituents is 1. The van der Waals surface area contributed by atoms with Crippen molar-refractivity contribution in [1.29, 1.82) is 0 Å². The number of amides is 1. The molecular formula is C38H45N4O11P. The lowest BCUT2D eigenvalue weighted by Gasteiger charge is -2.36. The summed E-state index contributed by atoms with van der Waals surface area (Å²) in [6.07, 6.45) is 7.43. The maximum Gasteiger partial charge on any atom is 0.412 e. The standard InChI is InChI=1S/C38H45N4O11P/c43-34(37(20-6-2-7-21-37)24-26-39-36(45)49-28-29-10-4-1-5-11-29)51-52-35(44)38(22-8-3-9-23-38)25-27-40-41-54(48)53-33-18-16-32(17-19-33)50-31-14-12-30(13-15-31)42(46)47/h1,4-5,10-19,40H,2-3,6-9,20-28H2,(H,39,45). The van der Waals surface area contributed by atoms with Crippen molar-refractivity contribution >= 4 is 31.9 Å². The van der Waals surface area contributed by atoms with Crippen LogP contribution < -0.4 is 24.9 Å². The molecule has 0 aromatic heterocycles. The van der Waals surface area contributed by atoms with Gasteiger partial charge in [0.25, 0.3) is 5.69 Å². The minimum atomic E-state index is -2.50. The average Bonchev–Trinajstić information content (AvgIpc) is 3.19. The molecule has 0 aliphatic heterocycles. The molecule has 1 unspecified atom stereocenters. The molecule has 54 heavy (non-hydrogen) atoms. The minimum absolute atomic E-state index is 0.0485. The number of alkyl carbamates (subject to hydrolysis) is 1. The number of carbonyl (C=O) groups excluding carboxylic acids is 3. The van der Waals surface area contributed by atoms with E-state index in [4.69, 9.17) is 23.8 Å². The van der Waals surface area contributed by atoms with E-state index in [1.165, 1.54) is 24.3 Å². The van der Waals surface area contributed by atoms with Crippen LogP contribution in [0.3, 0.4) is 0 Å². The zero-order valence-electron chi connectivity index (χ0n) is 29.9. The first-order valence-electron chi connectivity index (χ1n) is 18.2. The number of nitrogens with one attached hydrogen (secondary N) is 2. The Labute approximate surface area is 314 Å². The summed E-state index contributed by atoms with van der Waals surface area (Å²) in [6, 6.07) is 21.3. The smallest absolute Gasteiger partial charge is 0.412 e. The Kier molecular flexibility index (Phi) is 14.7. The fourth-order valence-electron chi connectivity index (χ4n) is 6.85. The molecule has 0 spiro atoms. The van der Waals surface area contributed by atoms with Gasteiger partial charge in [-0.2, -0.15) is 5.43 Å². The second kappa shape index (κ2) is 19.8. The van der Waals surface area contributed by atoms with Crippen LogP contribution in [0.5, 0.6) is 17.2 Å². The molecule has 0 heterocycles. The summed E-state index contributed by atoms with van der Waals surface area (Å²) in [4.78, 5) is 76.6. The van der Waals surface area contributed by atoms with Crippen LogP contribution in [0.1, 0.15) is 82.6 Å². The van der Waals surface area contributed by atoms with Crippen LogP contribution in [0.2, 0.25) is 0 Å². The molecular weight excluding hydrogens is 719 g/mol. The molecule has 2 N–H and O–H groups in total. The van der Waals surface area contributed by atoms with Gasteiger partial charge in [0.15, 0.2) is 5.75 Å². The predicted molar refractivity (Wildman–Crippen MR) is 195 cm³/mol. The van der Waals surface area contributed by atoms with Crippen LogP contribution in [0.15, 0.2) is 83.7 Å². The zero-order valence-corrected chi connectivity index (χ0v) is 30.8. The Morgan fingerprint density at radius 2 is 1.24 bits per heavy atom. The van der Waals surface area contributed by atoms with Crippen molar-refractivity contribution in [2.75, 3.05) is 13.1 Å². The predicted octanol–water partition coefficient (Wildman–Crippen LogP) is 7.74. The molecule has 2 aliphatic carbocycles. The number of rotatable bonds is 16. The highest BCUT2D eigenvalue weighted by Crippen LogP contribution is 2.43. The van der Waals surface area contributed by atoms with E-state index >= 15 is 0 Å². The summed E-state index contributed by atoms with van der Waals surface area (Å²) in [7, 11) is -2.50. The molecule has 1 amide bonds. The third-order valence-corrected chi connectivity index (χ3v) is 10.6. The Morgan fingerprint density at radius 3 is 1.80 bits per heavy atom. The first-order valence-corrected chi connectivity index (χ1v) is 19.3. The van der Waals surface area contributed by atoms with E-state index in [9.17, 15) is 29.4 Å². The van der Waals surface area contributed by atoms with Crippen molar-refractivity contribution in [3.05, 3.63) is 94.5 Å². The van der Waals surface area contributed by atoms with Crippen LogP contribution in [0.25, 0.3) is 0 Å². The molecule has 0 saturated heterocycles. The Hall–Kier alpha value is -5.11. The number of nitro benzene ring substituents is 1. The Bertz CT molecular complexity index is 1730. The van der Waals surface area contributed by atoms with Gasteiger partial charge in [-0.1, -0.05) is 68.9 Å². The average molecular weight is 765 g/mol. The van der Waals surface area contributed by atoms with Gasteiger partial charge in [-0.25, -0.2) is 24.2 Å². The van der Waals surface area contributed by atoms with E-state index in [1.807, 2.05) is 30.3 Å². The van der Waals surface area contributed by atoms with Crippen LogP contribution in [-0.4, -0.2) is 36.0 Å². The molecule has 288 valence electrons. The van der Waals surface area contributed by atoms with Crippen molar-refractivity contribution in [3.63, 3.8) is 0 Å². The molecule has 3 aromatic carbocycles. The third-order valence-electron chi connectivity index (χ3n) is 9.92. The lowest BCUT2D eigenvalue weighted by molar-refractivity contribution is -0.384. The summed E-state index contributed by atoms with van der Waals surface area (Å²) in [6.45, 7) is 0.533. The minimum Gasteiger partial charge on any atom is -0.574 e. The van der Waals surface area contributed by atoms with Crippen molar-refractivity contribution in [1.82, 2.24) is 10.7 Å². The highest BCUT2D eigenvalue weighted by Gasteiger charge is 2.45. The largest absolute Gasteiger partial charge is 0.574 e. The number of hydrogen-bond donors (Lipinski definition) is 2. The molecule has 3 aromatic rings. The van der Waals surface area contributed by atoms with Crippen LogP contribution in [0.4, 0.5) is 10.5 Å². The SMILES string of the molecule is O=C(NCCC1(C(=O)OOC(=O)C2(CCN/N=[P+](\[O-])Oc3ccc(Oc4ccc([N+](=O)[O-])cc4)cc3)CCCCC2)CCCCC1)OCc1ccccc1. The molecule has 16 heteroatoms. The number of ether oxygens (including phenoxy) is 2. The number of carbonyl (C=O) groups is 3. The van der Waals surface area contributed by atoms with E-state index in [0.717, 1.165) is 44.1 Å². The van der Waals surface area contributed by atoms with Crippen molar-refractivity contribution in [3.8, 4) is 17.2 Å². The van der Waals surface area contributed by atoms with Gasteiger partial charge in [-0.15, -0.1) is 0 Å². The number of benzene rings is 3. The third kappa shape index (κ3) is 11.7. The van der Waals surface area contributed by atoms with Crippen LogP contribution in [0, 0.1) is 20.9 Å². The number of nitrogens with zero attached hydrogens (tertiary/aromatic N) is 2. The molecule has 2 saturated carbocycles. The maximum absolute atomic E-state index is 13.5. The summed E-state index contributed by atoms with van der Waals surface area (Å²) >= 11 is 0. The Morgan fingerprint density at radius 1 is 0.722 bits per heavy atom. The first-order chi connectivity index (χ1) is 26.2. The lowest BCUT2D eigenvalue weighted by Crippen LogP contribution is -2.41. The van der Waals surface area contributed by atoms with Gasteiger partial charge >= 0.3 is 26.2 Å². The van der Waals surface area contributed by atoms with Gasteiger partial charge in [0.1, 0.15) is 18.1 Å². The van der Waals surface area contributed by atoms with Crippen molar-refractivity contribution in [2.24, 2.45) is 15.7 Å². The van der Waals surface area contributed by atoms with E-state index in [1.54, 1.807) is 24.3 Å². The van der Waals surface area contributed by atoms with Gasteiger partial charge in [0.05, 0.1) is 15.8 Å². The molecule has 5 rings (SSSR count). The highest BCUT2D eigenvalue weighted by atomic mass is 31.1. The summed E-state index contributed by atoms with van der Waals surface area (Å²) in [5, 5.41) is 13.6. The van der Waals surface area contributed by atoms with E-state index < -0.39 is 42.0 Å². The fraction of sp³-hybridized carbons (Fsp3) is 0.447. The lowest BCUT2D eigenvalue weighted by atomic mass is 9.71. The van der Waals surface area contributed by atoms with Gasteiger partial charge < -0.3 is 19.7 Å². The first kappa shape index (κ1) is 40.1. The Balaban J connectivity index is 1.07. The molecule has 2 fully saturated rings. The monoisotopic (exact) mass is 764 g/mol. The normalized spacial score (nSPS) is 16.4. The zero-order chi connectivity index (χ0) is 38.2. The van der Waals surface area contributed by atoms with Gasteiger partial charge in [-0.3, -0.25) is 14.6 Å². The van der Waals surface area contributed by atoms with Gasteiger partial charge in [0, 0.05) is 30.1 Å². The quantitative estimate of drug-likeness (QED) is 0.0473. The molecule has 1 atom stereocenters. The fourth-order valence-corrected chi connectivity index (χ4v) is 7.41. The van der Waals surface area contributed by atoms with Crippen LogP contribution in [-0.2, 0) is 30.7 Å². The van der Waals surface area contributed by atoms with E-state index in [-0.39, 0.29) is 31.1 Å². The maximum atomic E-state index is 13.5. The van der Waals surface area contributed by atoms with Crippen molar-refractivity contribution in [2.45, 2.75) is 83.7 Å². The van der Waals surface area contributed by atoms with E-state index in [0.29, 0.717) is 50.0 Å². The highest BCUT2D eigenvalue weighted by molar-refractivity contribution is 7.33.